The molecule has 0 aliphatic heterocycles. The van der Waals surface area contributed by atoms with Gasteiger partial charge in [-0.2, -0.15) is 0 Å². The summed E-state index contributed by atoms with van der Waals surface area (Å²) in [6.07, 6.45) is 3.83. The van der Waals surface area contributed by atoms with Gasteiger partial charge >= 0.3 is 0 Å². The molecule has 0 unspecified atom stereocenters. The lowest BCUT2D eigenvalue weighted by Crippen LogP contribution is -2.63. The zero-order valence-electron chi connectivity index (χ0n) is 22.9. The first-order valence-electron chi connectivity index (χ1n) is 13.7. The fourth-order valence-electron chi connectivity index (χ4n) is 7.06. The van der Waals surface area contributed by atoms with Crippen molar-refractivity contribution in [3.63, 3.8) is 0 Å². The van der Waals surface area contributed by atoms with Gasteiger partial charge in [-0.3, -0.25) is 24.2 Å². The van der Waals surface area contributed by atoms with Crippen molar-refractivity contribution in [3.05, 3.63) is 50.4 Å². The summed E-state index contributed by atoms with van der Waals surface area (Å²) in [5.74, 6) is -6.11. The van der Waals surface area contributed by atoms with E-state index in [-0.39, 0.29) is 29.7 Å². The number of likely N-dealkylation sites (N-methyl/N-ethyl adjacent to an activating group) is 1. The van der Waals surface area contributed by atoms with E-state index in [1.165, 1.54) is 30.2 Å². The van der Waals surface area contributed by atoms with Gasteiger partial charge in [-0.25, -0.2) is 0 Å². The fourth-order valence-corrected chi connectivity index (χ4v) is 7.34. The third-order valence-electron chi connectivity index (χ3n) is 9.31. The first-order chi connectivity index (χ1) is 18.8. The van der Waals surface area contributed by atoms with Crippen molar-refractivity contribution in [3.8, 4) is 5.75 Å². The van der Waals surface area contributed by atoms with E-state index in [9.17, 15) is 34.8 Å². The van der Waals surface area contributed by atoms with E-state index in [1.807, 2.05) is 0 Å². The predicted molar refractivity (Wildman–Crippen MR) is 147 cm³/mol. The van der Waals surface area contributed by atoms with E-state index >= 15 is 0 Å². The van der Waals surface area contributed by atoms with Crippen molar-refractivity contribution < 1.29 is 34.8 Å². The number of phenolic OH excluding ortho intramolecular Hbond substituents is 1. The minimum absolute atomic E-state index is 0.0237. The average Bonchev–Trinajstić information content (AvgIpc) is 2.85. The molecule has 0 saturated heterocycles. The Hall–Kier alpha value is -2.92. The summed E-state index contributed by atoms with van der Waals surface area (Å²) < 4.78 is 0. The second kappa shape index (κ2) is 10.2. The van der Waals surface area contributed by atoms with E-state index in [4.69, 9.17) is 17.3 Å². The van der Waals surface area contributed by atoms with Crippen LogP contribution in [-0.2, 0) is 22.6 Å². The van der Waals surface area contributed by atoms with E-state index in [2.05, 4.69) is 11.8 Å². The number of halogens is 1. The van der Waals surface area contributed by atoms with Crippen LogP contribution in [0.2, 0.25) is 5.02 Å². The van der Waals surface area contributed by atoms with Crippen molar-refractivity contribution in [2.24, 2.45) is 23.5 Å². The van der Waals surface area contributed by atoms with Gasteiger partial charge in [0.25, 0.3) is 5.91 Å². The average molecular weight is 574 g/mol. The summed E-state index contributed by atoms with van der Waals surface area (Å²) in [6, 6.07) is 0.436. The number of carbonyl (C=O) groups excluding carboxylic acids is 3. The molecule has 1 aromatic carbocycles. The smallest absolute Gasteiger partial charge is 0.255 e. The van der Waals surface area contributed by atoms with Crippen LogP contribution in [0, 0.1) is 17.8 Å². The Kier molecular flexibility index (Phi) is 7.27. The van der Waals surface area contributed by atoms with Crippen molar-refractivity contribution in [2.75, 3.05) is 27.2 Å². The number of nitrogens with zero attached hydrogens (tertiary/aromatic N) is 2. The second-order valence-electron chi connectivity index (χ2n) is 11.8. The minimum atomic E-state index is -2.66. The maximum Gasteiger partial charge on any atom is 0.255 e. The van der Waals surface area contributed by atoms with Gasteiger partial charge in [0, 0.05) is 29.6 Å². The normalized spacial score (nSPS) is 28.5. The van der Waals surface area contributed by atoms with E-state index < -0.39 is 58.0 Å². The van der Waals surface area contributed by atoms with E-state index in [0.717, 1.165) is 13.1 Å². The molecule has 1 aromatic rings. The molecule has 1 fully saturated rings. The highest BCUT2D eigenvalue weighted by Gasteiger charge is 2.63. The Morgan fingerprint density at radius 2 is 1.88 bits per heavy atom. The van der Waals surface area contributed by atoms with Gasteiger partial charge in [0.15, 0.2) is 11.4 Å². The molecular weight excluding hydrogens is 538 g/mol. The number of rotatable bonds is 7. The predicted octanol–water partition coefficient (Wildman–Crippen LogP) is 2.40. The highest BCUT2D eigenvalue weighted by atomic mass is 35.5. The first kappa shape index (κ1) is 28.6. The first-order valence-corrected chi connectivity index (χ1v) is 14.1. The molecule has 0 aromatic heterocycles. The summed E-state index contributed by atoms with van der Waals surface area (Å²) in [5, 5.41) is 45.3. The second-order valence-corrected chi connectivity index (χ2v) is 12.2. The Balaban J connectivity index is 1.58. The molecule has 0 radical (unpaired) electrons. The standard InChI is InChI=1S/C29H36ClN3O7/c1-4-33(11-13-6-5-7-13)12-15-10-18(34)20-16(22(15)30)8-14-9-17-23(32(2)3)25(36)21(28(31)39)27(38)29(17,40)26(37)19(14)24(20)35/h10,13-14,17,23,34,36-37,40H,4-9,11-12H2,1-3H3,(H2,31,39)/t14-,17-,23-,29-/m0/s1. The SMILES string of the molecule is CCN(Cc1cc(O)c2c(c1Cl)C[C@H]1C[C@H]3[C@H](N(C)C)C(O)=C(C(N)=O)C(=O)[C@@]3(O)C(O)=C1C2=O)CC1CCC1. The van der Waals surface area contributed by atoms with Gasteiger partial charge in [0.1, 0.15) is 22.8 Å². The number of amides is 1. The molecule has 0 heterocycles. The fraction of sp³-hybridized carbons (Fsp3) is 0.552. The van der Waals surface area contributed by atoms with Crippen molar-refractivity contribution >= 4 is 29.1 Å². The lowest BCUT2D eigenvalue weighted by Gasteiger charge is -2.50. The zero-order valence-corrected chi connectivity index (χ0v) is 23.7. The molecule has 6 N–H and O–H groups in total. The van der Waals surface area contributed by atoms with Crippen molar-refractivity contribution in [2.45, 2.75) is 57.2 Å². The molecule has 0 bridgehead atoms. The number of Topliss-reactive ketones (excluding diaryl/α,β-unsaturated/α-hetero) is 2. The summed E-state index contributed by atoms with van der Waals surface area (Å²) in [4.78, 5) is 43.1. The molecule has 1 amide bonds. The molecule has 0 spiro atoms. The number of carbonyl (C=O) groups is 3. The molecular formula is C29H36ClN3O7. The number of allylic oxidation sites excluding steroid dienone is 1. The largest absolute Gasteiger partial charge is 0.510 e. The Morgan fingerprint density at radius 1 is 1.20 bits per heavy atom. The number of hydrogen-bond acceptors (Lipinski definition) is 9. The van der Waals surface area contributed by atoms with Gasteiger partial charge in [0.05, 0.1) is 11.6 Å². The van der Waals surface area contributed by atoms with Crippen LogP contribution in [0.4, 0.5) is 0 Å². The highest BCUT2D eigenvalue weighted by Crippen LogP contribution is 2.53. The molecule has 4 aliphatic carbocycles. The molecule has 5 rings (SSSR count). The number of ketones is 2. The molecule has 10 nitrogen and oxygen atoms in total. The van der Waals surface area contributed by atoms with Gasteiger partial charge in [-0.15, -0.1) is 0 Å². The van der Waals surface area contributed by atoms with Crippen LogP contribution in [0.1, 0.15) is 54.1 Å². The number of phenols is 1. The maximum absolute atomic E-state index is 13.8. The highest BCUT2D eigenvalue weighted by molar-refractivity contribution is 6.33. The minimum Gasteiger partial charge on any atom is -0.510 e. The van der Waals surface area contributed by atoms with Crippen LogP contribution >= 0.6 is 11.6 Å². The van der Waals surface area contributed by atoms with Crippen molar-refractivity contribution in [1.82, 2.24) is 9.80 Å². The number of primary amides is 1. The number of aliphatic hydroxyl groups is 3. The Bertz CT molecular complexity index is 1370. The summed E-state index contributed by atoms with van der Waals surface area (Å²) in [6.45, 7) is 4.31. The monoisotopic (exact) mass is 573 g/mol. The molecule has 1 saturated carbocycles. The van der Waals surface area contributed by atoms with Gasteiger partial charge in [-0.1, -0.05) is 24.9 Å². The van der Waals surface area contributed by atoms with Gasteiger partial charge in [0.2, 0.25) is 5.78 Å². The number of benzene rings is 1. The quantitative estimate of drug-likeness (QED) is 0.308. The van der Waals surface area contributed by atoms with Crippen LogP contribution in [0.25, 0.3) is 0 Å². The van der Waals surface area contributed by atoms with E-state index in [1.54, 1.807) is 14.1 Å². The third kappa shape index (κ3) is 4.15. The summed E-state index contributed by atoms with van der Waals surface area (Å²) in [5.41, 5.74) is 2.76. The number of nitrogens with two attached hydrogens (primary N) is 1. The molecule has 216 valence electrons. The molecule has 4 atom stereocenters. The summed E-state index contributed by atoms with van der Waals surface area (Å²) >= 11 is 6.88. The number of hydrogen-bond donors (Lipinski definition) is 5. The van der Waals surface area contributed by atoms with Crippen LogP contribution in [0.3, 0.4) is 0 Å². The lowest BCUT2D eigenvalue weighted by atomic mass is 9.58. The van der Waals surface area contributed by atoms with Crippen LogP contribution in [0.5, 0.6) is 5.75 Å². The maximum atomic E-state index is 13.8. The zero-order chi connectivity index (χ0) is 29.3. The van der Waals surface area contributed by atoms with Gasteiger partial charge in [-0.05, 0) is 75.4 Å². The van der Waals surface area contributed by atoms with Crippen molar-refractivity contribution in [1.29, 1.82) is 0 Å². The number of aliphatic hydroxyl groups excluding tert-OH is 2. The van der Waals surface area contributed by atoms with E-state index in [0.29, 0.717) is 28.6 Å². The third-order valence-corrected chi connectivity index (χ3v) is 9.78. The molecule has 40 heavy (non-hydrogen) atoms. The number of aromatic hydroxyl groups is 1. The molecule has 11 heteroatoms. The van der Waals surface area contributed by atoms with Crippen LogP contribution < -0.4 is 5.73 Å². The van der Waals surface area contributed by atoms with Crippen LogP contribution in [0.15, 0.2) is 28.7 Å². The lowest BCUT2D eigenvalue weighted by molar-refractivity contribution is -0.148. The summed E-state index contributed by atoms with van der Waals surface area (Å²) in [7, 11) is 3.19. The van der Waals surface area contributed by atoms with Gasteiger partial charge < -0.3 is 26.2 Å². The molecule has 4 aliphatic rings. The van der Waals surface area contributed by atoms with Crippen LogP contribution in [-0.4, -0.2) is 86.5 Å². The Morgan fingerprint density at radius 3 is 2.42 bits per heavy atom. The Labute approximate surface area is 237 Å². The number of fused-ring (bicyclic) bond motifs is 3. The topological polar surface area (TPSA) is 165 Å².